The first kappa shape index (κ1) is 18.3. The number of carbonyl (C=O) groups is 2. The Morgan fingerprint density at radius 2 is 1.96 bits per heavy atom. The molecule has 0 aliphatic carbocycles. The second-order valence-corrected chi connectivity index (χ2v) is 7.62. The second-order valence-electron chi connectivity index (χ2n) is 7.62. The van der Waals surface area contributed by atoms with Gasteiger partial charge in [0.05, 0.1) is 6.61 Å². The number of rotatable bonds is 4. The SMILES string of the molecule is CC(C)COC(=O)N1CCC[C@H]1C(=O)Nc1ccc2c(c1)oc1ccccc12. The molecule has 1 saturated heterocycles. The van der Waals surface area contributed by atoms with Crippen molar-refractivity contribution in [2.24, 2.45) is 5.92 Å². The number of carbonyl (C=O) groups excluding carboxylic acids is 2. The van der Waals surface area contributed by atoms with Crippen molar-refractivity contribution in [2.45, 2.75) is 32.7 Å². The third-order valence-corrected chi connectivity index (χ3v) is 4.98. The smallest absolute Gasteiger partial charge is 0.410 e. The molecule has 28 heavy (non-hydrogen) atoms. The third kappa shape index (κ3) is 3.54. The molecule has 1 aliphatic rings. The molecule has 6 nitrogen and oxygen atoms in total. The van der Waals surface area contributed by atoms with Crippen molar-refractivity contribution < 1.29 is 18.7 Å². The quantitative estimate of drug-likeness (QED) is 0.707. The van der Waals surface area contributed by atoms with Gasteiger partial charge in [-0.15, -0.1) is 0 Å². The normalized spacial score (nSPS) is 16.8. The van der Waals surface area contributed by atoms with Gasteiger partial charge in [0.1, 0.15) is 17.2 Å². The maximum absolute atomic E-state index is 12.8. The summed E-state index contributed by atoms with van der Waals surface area (Å²) in [5.74, 6) is 0.0591. The highest BCUT2D eigenvalue weighted by molar-refractivity contribution is 6.06. The van der Waals surface area contributed by atoms with Gasteiger partial charge in [0, 0.05) is 29.1 Å². The molecular formula is C22H24N2O4. The average Bonchev–Trinajstić information content (AvgIpc) is 3.30. The zero-order valence-electron chi connectivity index (χ0n) is 16.1. The first-order valence-corrected chi connectivity index (χ1v) is 9.68. The van der Waals surface area contributed by atoms with Crippen molar-refractivity contribution in [3.05, 3.63) is 42.5 Å². The van der Waals surface area contributed by atoms with Crippen molar-refractivity contribution in [3.63, 3.8) is 0 Å². The number of para-hydroxylation sites is 1. The molecule has 146 valence electrons. The summed E-state index contributed by atoms with van der Waals surface area (Å²) < 4.78 is 11.2. The molecule has 1 fully saturated rings. The van der Waals surface area contributed by atoms with E-state index in [1.807, 2.05) is 56.3 Å². The predicted octanol–water partition coefficient (Wildman–Crippen LogP) is 4.78. The lowest BCUT2D eigenvalue weighted by molar-refractivity contribution is -0.120. The highest BCUT2D eigenvalue weighted by atomic mass is 16.6. The number of likely N-dealkylation sites (tertiary alicyclic amines) is 1. The highest BCUT2D eigenvalue weighted by Crippen LogP contribution is 2.30. The third-order valence-electron chi connectivity index (χ3n) is 4.98. The molecule has 0 saturated carbocycles. The molecule has 1 aliphatic heterocycles. The molecular weight excluding hydrogens is 356 g/mol. The lowest BCUT2D eigenvalue weighted by Crippen LogP contribution is -2.43. The number of anilines is 1. The van der Waals surface area contributed by atoms with Gasteiger partial charge < -0.3 is 14.5 Å². The van der Waals surface area contributed by atoms with E-state index < -0.39 is 12.1 Å². The zero-order valence-corrected chi connectivity index (χ0v) is 16.1. The van der Waals surface area contributed by atoms with E-state index >= 15 is 0 Å². The molecule has 1 N–H and O–H groups in total. The molecule has 0 radical (unpaired) electrons. The number of fused-ring (bicyclic) bond motifs is 3. The summed E-state index contributed by atoms with van der Waals surface area (Å²) >= 11 is 0. The average molecular weight is 380 g/mol. The van der Waals surface area contributed by atoms with Crippen molar-refractivity contribution in [3.8, 4) is 0 Å². The number of amides is 2. The van der Waals surface area contributed by atoms with Gasteiger partial charge in [0.25, 0.3) is 0 Å². The first-order chi connectivity index (χ1) is 13.5. The van der Waals surface area contributed by atoms with Gasteiger partial charge in [-0.05, 0) is 37.0 Å². The van der Waals surface area contributed by atoms with Gasteiger partial charge in [0.15, 0.2) is 0 Å². The van der Waals surface area contributed by atoms with E-state index in [0.717, 1.165) is 28.4 Å². The van der Waals surface area contributed by atoms with E-state index in [4.69, 9.17) is 9.15 Å². The molecule has 3 aromatic rings. The summed E-state index contributed by atoms with van der Waals surface area (Å²) in [6, 6.07) is 13.0. The summed E-state index contributed by atoms with van der Waals surface area (Å²) in [6.45, 7) is 4.86. The van der Waals surface area contributed by atoms with Crippen molar-refractivity contribution >= 4 is 39.6 Å². The predicted molar refractivity (Wildman–Crippen MR) is 108 cm³/mol. The van der Waals surface area contributed by atoms with Crippen LogP contribution in [0, 0.1) is 5.92 Å². The fraction of sp³-hybridized carbons (Fsp3) is 0.364. The molecule has 2 heterocycles. The largest absolute Gasteiger partial charge is 0.456 e. The molecule has 0 unspecified atom stereocenters. The molecule has 1 aromatic heterocycles. The van der Waals surface area contributed by atoms with Crippen LogP contribution in [0.4, 0.5) is 10.5 Å². The van der Waals surface area contributed by atoms with Crippen LogP contribution in [0.5, 0.6) is 0 Å². The van der Waals surface area contributed by atoms with Gasteiger partial charge in [-0.25, -0.2) is 4.79 Å². The second kappa shape index (κ2) is 7.54. The number of nitrogens with one attached hydrogen (secondary N) is 1. The number of furan rings is 1. The Labute approximate surface area is 163 Å². The molecule has 0 spiro atoms. The van der Waals surface area contributed by atoms with Gasteiger partial charge in [-0.1, -0.05) is 32.0 Å². The van der Waals surface area contributed by atoms with Crippen molar-refractivity contribution in [2.75, 3.05) is 18.5 Å². The zero-order chi connectivity index (χ0) is 19.7. The maximum Gasteiger partial charge on any atom is 0.410 e. The van der Waals surface area contributed by atoms with Crippen LogP contribution in [-0.2, 0) is 9.53 Å². The van der Waals surface area contributed by atoms with Crippen LogP contribution in [0.15, 0.2) is 46.9 Å². The minimum atomic E-state index is -0.508. The maximum atomic E-state index is 12.8. The fourth-order valence-electron chi connectivity index (χ4n) is 3.61. The van der Waals surface area contributed by atoms with Crippen LogP contribution in [0.1, 0.15) is 26.7 Å². The van der Waals surface area contributed by atoms with Gasteiger partial charge in [0.2, 0.25) is 5.91 Å². The fourth-order valence-corrected chi connectivity index (χ4v) is 3.61. The summed E-state index contributed by atoms with van der Waals surface area (Å²) in [6.07, 6.45) is 1.01. The molecule has 4 rings (SSSR count). The Bertz CT molecular complexity index is 1020. The number of nitrogens with zero attached hydrogens (tertiary/aromatic N) is 1. The van der Waals surface area contributed by atoms with E-state index in [1.165, 1.54) is 4.90 Å². The van der Waals surface area contributed by atoms with E-state index in [1.54, 1.807) is 0 Å². The summed E-state index contributed by atoms with van der Waals surface area (Å²) in [5.41, 5.74) is 2.19. The van der Waals surface area contributed by atoms with Gasteiger partial charge in [-0.3, -0.25) is 9.69 Å². The van der Waals surface area contributed by atoms with E-state index in [9.17, 15) is 9.59 Å². The monoisotopic (exact) mass is 380 g/mol. The van der Waals surface area contributed by atoms with Crippen LogP contribution in [0.2, 0.25) is 0 Å². The highest BCUT2D eigenvalue weighted by Gasteiger charge is 2.35. The Balaban J connectivity index is 1.49. The van der Waals surface area contributed by atoms with Crippen LogP contribution in [-0.4, -0.2) is 36.1 Å². The van der Waals surface area contributed by atoms with Crippen LogP contribution in [0.25, 0.3) is 21.9 Å². The van der Waals surface area contributed by atoms with Crippen LogP contribution in [0.3, 0.4) is 0 Å². The summed E-state index contributed by atoms with van der Waals surface area (Å²) in [7, 11) is 0. The molecule has 1 atom stereocenters. The van der Waals surface area contributed by atoms with Gasteiger partial charge in [-0.2, -0.15) is 0 Å². The first-order valence-electron chi connectivity index (χ1n) is 9.68. The Morgan fingerprint density at radius 1 is 1.18 bits per heavy atom. The van der Waals surface area contributed by atoms with E-state index in [2.05, 4.69) is 5.32 Å². The number of hydrogen-bond donors (Lipinski definition) is 1. The summed E-state index contributed by atoms with van der Waals surface area (Å²) in [4.78, 5) is 26.6. The van der Waals surface area contributed by atoms with Crippen LogP contribution < -0.4 is 5.32 Å². The number of ether oxygens (including phenoxy) is 1. The standard InChI is InChI=1S/C22H24N2O4/c1-14(2)13-27-22(26)24-11-5-7-18(24)21(25)23-15-9-10-17-16-6-3-4-8-19(16)28-20(17)12-15/h3-4,6,8-10,12,14,18H,5,7,11,13H2,1-2H3,(H,23,25)/t18-/m0/s1. The van der Waals surface area contributed by atoms with E-state index in [-0.39, 0.29) is 11.8 Å². The Kier molecular flexibility index (Phi) is 4.94. The van der Waals surface area contributed by atoms with E-state index in [0.29, 0.717) is 25.3 Å². The Morgan fingerprint density at radius 3 is 2.79 bits per heavy atom. The molecule has 0 bridgehead atoms. The summed E-state index contributed by atoms with van der Waals surface area (Å²) in [5, 5.41) is 4.98. The lowest BCUT2D eigenvalue weighted by atomic mass is 10.1. The Hall–Kier alpha value is -3.02. The van der Waals surface area contributed by atoms with Crippen LogP contribution >= 0.6 is 0 Å². The molecule has 2 aromatic carbocycles. The number of benzene rings is 2. The van der Waals surface area contributed by atoms with Gasteiger partial charge >= 0.3 is 6.09 Å². The number of hydrogen-bond acceptors (Lipinski definition) is 4. The minimum Gasteiger partial charge on any atom is -0.456 e. The minimum absolute atomic E-state index is 0.200. The van der Waals surface area contributed by atoms with Crippen molar-refractivity contribution in [1.82, 2.24) is 4.90 Å². The van der Waals surface area contributed by atoms with Crippen molar-refractivity contribution in [1.29, 1.82) is 0 Å². The molecule has 6 heteroatoms. The lowest BCUT2D eigenvalue weighted by Gasteiger charge is -2.23. The molecule has 2 amide bonds. The topological polar surface area (TPSA) is 71.8 Å².